The summed E-state index contributed by atoms with van der Waals surface area (Å²) in [5.41, 5.74) is 1.90. The Labute approximate surface area is 274 Å². The number of anilines is 4. The molecule has 4 aliphatic rings. The van der Waals surface area contributed by atoms with Gasteiger partial charge in [0.05, 0.1) is 19.0 Å². The standard InChI is InChI=1S/C35H52N8O3/c1-6-29-34(45)40(4)30-21-37-35(39-32(30)43(29)23(2)3)38-28-14-11-26(19-31(28)46-5)33(44)36-20-24-9-12-27(13-10-24)42-17-15-41(16-18-42)22-25-7-8-25/h11,14,19,21,23-25,27,29H,6-10,12-13,15-18,20,22H2,1-5H3,(H,36,44)(H,37,38,39)/t24?,27?,29-/m1/s1. The number of benzene rings is 1. The van der Waals surface area contributed by atoms with Gasteiger partial charge in [0.2, 0.25) is 11.9 Å². The summed E-state index contributed by atoms with van der Waals surface area (Å²) >= 11 is 0. The van der Waals surface area contributed by atoms with Gasteiger partial charge in [0.1, 0.15) is 17.5 Å². The molecular formula is C35H52N8O3. The molecule has 1 atom stereocenters. The van der Waals surface area contributed by atoms with Crippen molar-refractivity contribution in [3.8, 4) is 5.75 Å². The lowest BCUT2D eigenvalue weighted by molar-refractivity contribution is -0.120. The van der Waals surface area contributed by atoms with Crippen LogP contribution in [0, 0.1) is 11.8 Å². The van der Waals surface area contributed by atoms with Gasteiger partial charge in [0, 0.05) is 64.0 Å². The second kappa shape index (κ2) is 14.1. The second-order valence-electron chi connectivity index (χ2n) is 13.9. The normalized spacial score (nSPS) is 24.2. The molecule has 250 valence electrons. The average molecular weight is 633 g/mol. The zero-order chi connectivity index (χ0) is 32.4. The van der Waals surface area contributed by atoms with E-state index in [-0.39, 0.29) is 23.9 Å². The third-order valence-corrected chi connectivity index (χ3v) is 10.5. The van der Waals surface area contributed by atoms with Gasteiger partial charge in [-0.3, -0.25) is 14.5 Å². The van der Waals surface area contributed by atoms with Gasteiger partial charge in [0.25, 0.3) is 5.91 Å². The Morgan fingerprint density at radius 3 is 2.41 bits per heavy atom. The fourth-order valence-electron chi connectivity index (χ4n) is 7.52. The minimum atomic E-state index is -0.278. The van der Waals surface area contributed by atoms with Gasteiger partial charge < -0.3 is 30.1 Å². The molecule has 2 saturated carbocycles. The van der Waals surface area contributed by atoms with Crippen LogP contribution in [-0.2, 0) is 4.79 Å². The highest BCUT2D eigenvalue weighted by Crippen LogP contribution is 2.37. The zero-order valence-corrected chi connectivity index (χ0v) is 28.3. The maximum atomic E-state index is 13.2. The van der Waals surface area contributed by atoms with E-state index in [2.05, 4.69) is 44.2 Å². The summed E-state index contributed by atoms with van der Waals surface area (Å²) < 4.78 is 5.67. The third-order valence-electron chi connectivity index (χ3n) is 10.5. The average Bonchev–Trinajstić information content (AvgIpc) is 3.89. The topological polar surface area (TPSA) is 106 Å². The van der Waals surface area contributed by atoms with Gasteiger partial charge in [-0.25, -0.2) is 4.98 Å². The van der Waals surface area contributed by atoms with Crippen LogP contribution >= 0.6 is 0 Å². The quantitative estimate of drug-likeness (QED) is 0.370. The molecule has 2 amide bonds. The summed E-state index contributed by atoms with van der Waals surface area (Å²) in [6.07, 6.45) is 10.0. The summed E-state index contributed by atoms with van der Waals surface area (Å²) in [7, 11) is 3.36. The lowest BCUT2D eigenvalue weighted by atomic mass is 9.85. The molecule has 6 rings (SSSR count). The largest absolute Gasteiger partial charge is 0.495 e. The molecule has 11 nitrogen and oxygen atoms in total. The Morgan fingerprint density at radius 1 is 1.04 bits per heavy atom. The number of likely N-dealkylation sites (N-methyl/N-ethyl adjacent to an activating group) is 1. The molecule has 46 heavy (non-hydrogen) atoms. The first-order chi connectivity index (χ1) is 22.2. The predicted octanol–water partition coefficient (Wildman–Crippen LogP) is 4.51. The number of ether oxygens (including phenoxy) is 1. The van der Waals surface area contributed by atoms with E-state index in [0.29, 0.717) is 53.6 Å². The minimum absolute atomic E-state index is 0.0455. The first kappa shape index (κ1) is 32.5. The molecule has 2 aliphatic heterocycles. The number of piperazine rings is 1. The second-order valence-corrected chi connectivity index (χ2v) is 13.9. The Hall–Kier alpha value is -3.44. The zero-order valence-electron chi connectivity index (χ0n) is 28.3. The number of hydrogen-bond donors (Lipinski definition) is 2. The summed E-state index contributed by atoms with van der Waals surface area (Å²) in [5, 5.41) is 6.45. The monoisotopic (exact) mass is 632 g/mol. The molecule has 0 radical (unpaired) electrons. The summed E-state index contributed by atoms with van der Waals surface area (Å²) in [4.78, 5) is 44.6. The molecule has 2 aliphatic carbocycles. The van der Waals surface area contributed by atoms with Crippen LogP contribution in [-0.4, -0.2) is 103 Å². The van der Waals surface area contributed by atoms with Crippen LogP contribution in [0.1, 0.15) is 76.1 Å². The molecule has 1 saturated heterocycles. The first-order valence-corrected chi connectivity index (χ1v) is 17.4. The van der Waals surface area contributed by atoms with E-state index in [4.69, 9.17) is 9.72 Å². The Morgan fingerprint density at radius 2 is 1.76 bits per heavy atom. The lowest BCUT2D eigenvalue weighted by Crippen LogP contribution is -2.54. The van der Waals surface area contributed by atoms with Gasteiger partial charge in [0.15, 0.2) is 5.82 Å². The number of nitrogens with zero attached hydrogens (tertiary/aromatic N) is 6. The van der Waals surface area contributed by atoms with Crippen LogP contribution < -0.4 is 25.2 Å². The molecule has 1 aromatic carbocycles. The van der Waals surface area contributed by atoms with Gasteiger partial charge in [-0.15, -0.1) is 0 Å². The SMILES string of the molecule is CC[C@@H]1C(=O)N(C)c2cnc(Nc3ccc(C(=O)NCC4CCC(N5CCN(CC6CC6)CC5)CC4)cc3OC)nc2N1C(C)C. The Kier molecular flexibility index (Phi) is 9.98. The van der Waals surface area contributed by atoms with E-state index in [1.54, 1.807) is 37.4 Å². The van der Waals surface area contributed by atoms with Crippen molar-refractivity contribution in [2.45, 2.75) is 83.8 Å². The van der Waals surface area contributed by atoms with Crippen LogP contribution in [0.15, 0.2) is 24.4 Å². The molecule has 0 bridgehead atoms. The van der Waals surface area contributed by atoms with Gasteiger partial charge in [-0.1, -0.05) is 6.92 Å². The van der Waals surface area contributed by atoms with Gasteiger partial charge in [-0.05, 0) is 88.8 Å². The molecular weight excluding hydrogens is 580 g/mol. The number of methoxy groups -OCH3 is 1. The van der Waals surface area contributed by atoms with E-state index in [1.165, 1.54) is 58.4 Å². The van der Waals surface area contributed by atoms with Crippen molar-refractivity contribution >= 4 is 35.0 Å². The number of fused-ring (bicyclic) bond motifs is 1. The maximum absolute atomic E-state index is 13.2. The van der Waals surface area contributed by atoms with Crippen molar-refractivity contribution in [1.82, 2.24) is 25.1 Å². The lowest BCUT2D eigenvalue weighted by Gasteiger charge is -2.42. The van der Waals surface area contributed by atoms with E-state index in [9.17, 15) is 9.59 Å². The molecule has 0 spiro atoms. The molecule has 11 heteroatoms. The van der Waals surface area contributed by atoms with E-state index in [0.717, 1.165) is 24.6 Å². The molecule has 1 aromatic heterocycles. The van der Waals surface area contributed by atoms with Crippen molar-refractivity contribution in [3.63, 3.8) is 0 Å². The Bertz CT molecular complexity index is 1380. The summed E-state index contributed by atoms with van der Waals surface area (Å²) in [6.45, 7) is 13.0. The van der Waals surface area contributed by atoms with E-state index >= 15 is 0 Å². The number of carbonyl (C=O) groups excluding carboxylic acids is 2. The van der Waals surface area contributed by atoms with Crippen molar-refractivity contribution in [2.24, 2.45) is 11.8 Å². The number of carbonyl (C=O) groups is 2. The van der Waals surface area contributed by atoms with Crippen LogP contribution in [0.5, 0.6) is 5.75 Å². The van der Waals surface area contributed by atoms with Crippen molar-refractivity contribution in [2.75, 3.05) is 68.5 Å². The van der Waals surface area contributed by atoms with E-state index in [1.807, 2.05) is 13.0 Å². The number of hydrogen-bond acceptors (Lipinski definition) is 9. The van der Waals surface area contributed by atoms with Gasteiger partial charge >= 0.3 is 0 Å². The van der Waals surface area contributed by atoms with Crippen LogP contribution in [0.4, 0.5) is 23.1 Å². The Balaban J connectivity index is 1.02. The molecule has 3 heterocycles. The van der Waals surface area contributed by atoms with E-state index < -0.39 is 0 Å². The predicted molar refractivity (Wildman–Crippen MR) is 182 cm³/mol. The van der Waals surface area contributed by atoms with Crippen LogP contribution in [0.25, 0.3) is 0 Å². The molecule has 2 aromatic rings. The summed E-state index contributed by atoms with van der Waals surface area (Å²) in [6, 6.07) is 5.90. The summed E-state index contributed by atoms with van der Waals surface area (Å²) in [5.74, 6) is 3.10. The third kappa shape index (κ3) is 7.10. The molecule has 2 N–H and O–H groups in total. The molecule has 0 unspecified atom stereocenters. The number of amides is 2. The fraction of sp³-hybridized carbons (Fsp3) is 0.657. The van der Waals surface area contributed by atoms with Crippen LogP contribution in [0.3, 0.4) is 0 Å². The minimum Gasteiger partial charge on any atom is -0.495 e. The number of rotatable bonds is 11. The molecule has 3 fully saturated rings. The number of aromatic nitrogens is 2. The highest BCUT2D eigenvalue weighted by Gasteiger charge is 2.38. The highest BCUT2D eigenvalue weighted by atomic mass is 16.5. The van der Waals surface area contributed by atoms with Crippen molar-refractivity contribution in [3.05, 3.63) is 30.0 Å². The number of nitrogens with one attached hydrogen (secondary N) is 2. The van der Waals surface area contributed by atoms with Crippen molar-refractivity contribution < 1.29 is 14.3 Å². The van der Waals surface area contributed by atoms with Gasteiger partial charge in [-0.2, -0.15) is 4.98 Å². The maximum Gasteiger partial charge on any atom is 0.251 e. The fourth-order valence-corrected chi connectivity index (χ4v) is 7.52. The van der Waals surface area contributed by atoms with Crippen LogP contribution in [0.2, 0.25) is 0 Å². The smallest absolute Gasteiger partial charge is 0.251 e. The first-order valence-electron chi connectivity index (χ1n) is 17.4. The highest BCUT2D eigenvalue weighted by molar-refractivity contribution is 6.04. The van der Waals surface area contributed by atoms with Crippen molar-refractivity contribution in [1.29, 1.82) is 0 Å².